The summed E-state index contributed by atoms with van der Waals surface area (Å²) >= 11 is 0. The number of hydrogen-bond acceptors (Lipinski definition) is 4. The van der Waals surface area contributed by atoms with Crippen LogP contribution in [0.25, 0.3) is 0 Å². The smallest absolute Gasteiger partial charge is 0.254 e. The minimum Gasteiger partial charge on any atom is -0.381 e. The van der Waals surface area contributed by atoms with E-state index >= 15 is 0 Å². The van der Waals surface area contributed by atoms with E-state index in [1.54, 1.807) is 12.4 Å². The molecule has 0 radical (unpaired) electrons. The summed E-state index contributed by atoms with van der Waals surface area (Å²) in [5.41, 5.74) is 4.62. The first-order valence-corrected chi connectivity index (χ1v) is 10.0. The van der Waals surface area contributed by atoms with E-state index in [4.69, 9.17) is 0 Å². The molecule has 0 unspecified atom stereocenters. The van der Waals surface area contributed by atoms with Gasteiger partial charge in [-0.3, -0.25) is 14.8 Å². The van der Waals surface area contributed by atoms with Gasteiger partial charge in [0.2, 0.25) is 0 Å². The molecule has 1 N–H and O–H groups in total. The molecule has 29 heavy (non-hydrogen) atoms. The maximum atomic E-state index is 13.5. The van der Waals surface area contributed by atoms with E-state index in [1.165, 1.54) is 0 Å². The number of aromatic nitrogens is 2. The van der Waals surface area contributed by atoms with Gasteiger partial charge in [-0.2, -0.15) is 0 Å². The summed E-state index contributed by atoms with van der Waals surface area (Å²) in [7, 11) is 0. The van der Waals surface area contributed by atoms with E-state index in [0.29, 0.717) is 13.1 Å². The molecule has 5 nitrogen and oxygen atoms in total. The molecular weight excluding hydrogens is 360 g/mol. The van der Waals surface area contributed by atoms with Gasteiger partial charge in [0.05, 0.1) is 12.2 Å². The second-order valence-electron chi connectivity index (χ2n) is 7.20. The first-order valence-electron chi connectivity index (χ1n) is 10.0. The number of hydrogen-bond donors (Lipinski definition) is 1. The summed E-state index contributed by atoms with van der Waals surface area (Å²) in [6.45, 7) is 7.34. The molecule has 0 aliphatic carbocycles. The lowest BCUT2D eigenvalue weighted by atomic mass is 10.0. The molecule has 2 aromatic heterocycles. The van der Waals surface area contributed by atoms with Crippen molar-refractivity contribution in [2.24, 2.45) is 0 Å². The van der Waals surface area contributed by atoms with Crippen LogP contribution in [0.3, 0.4) is 0 Å². The largest absolute Gasteiger partial charge is 0.381 e. The Bertz CT molecular complexity index is 928. The lowest BCUT2D eigenvalue weighted by molar-refractivity contribution is 0.0668. The van der Waals surface area contributed by atoms with Gasteiger partial charge in [0.1, 0.15) is 0 Å². The number of pyridine rings is 2. The van der Waals surface area contributed by atoms with Gasteiger partial charge < -0.3 is 10.2 Å². The molecular formula is C24H28N4O. The lowest BCUT2D eigenvalue weighted by Crippen LogP contribution is -2.38. The third-order valence-corrected chi connectivity index (χ3v) is 5.21. The van der Waals surface area contributed by atoms with Crippen molar-refractivity contribution >= 4 is 11.6 Å². The fraction of sp³-hybridized carbons (Fsp3) is 0.292. The molecule has 0 aliphatic rings. The Morgan fingerprint density at radius 1 is 1.10 bits per heavy atom. The quantitative estimate of drug-likeness (QED) is 0.600. The molecule has 0 saturated heterocycles. The molecule has 3 rings (SSSR count). The molecule has 0 saturated carbocycles. The van der Waals surface area contributed by atoms with Gasteiger partial charge in [-0.25, -0.2) is 0 Å². The predicted octanol–water partition coefficient (Wildman–Crippen LogP) is 4.84. The topological polar surface area (TPSA) is 58.1 Å². The third kappa shape index (κ3) is 5.19. The van der Waals surface area contributed by atoms with Gasteiger partial charge in [0.25, 0.3) is 5.91 Å². The highest BCUT2D eigenvalue weighted by molar-refractivity contribution is 5.97. The highest BCUT2D eigenvalue weighted by Gasteiger charge is 2.23. The van der Waals surface area contributed by atoms with Crippen LogP contribution in [0.5, 0.6) is 0 Å². The van der Waals surface area contributed by atoms with E-state index < -0.39 is 0 Å². The van der Waals surface area contributed by atoms with E-state index in [9.17, 15) is 4.79 Å². The first-order chi connectivity index (χ1) is 14.1. The van der Waals surface area contributed by atoms with Crippen LogP contribution < -0.4 is 5.32 Å². The molecule has 0 spiro atoms. The van der Waals surface area contributed by atoms with Crippen LogP contribution in [0.15, 0.2) is 67.1 Å². The van der Waals surface area contributed by atoms with E-state index in [0.717, 1.165) is 34.5 Å². The number of rotatable bonds is 8. The lowest BCUT2D eigenvalue weighted by Gasteiger charge is -2.29. The molecule has 1 amide bonds. The van der Waals surface area contributed by atoms with Gasteiger partial charge in [0.15, 0.2) is 0 Å². The van der Waals surface area contributed by atoms with Gasteiger partial charge in [-0.15, -0.1) is 0 Å². The second kappa shape index (κ2) is 9.82. The highest BCUT2D eigenvalue weighted by Crippen LogP contribution is 2.23. The summed E-state index contributed by atoms with van der Waals surface area (Å²) in [4.78, 5) is 23.9. The number of amides is 1. The summed E-state index contributed by atoms with van der Waals surface area (Å²) < 4.78 is 0. The Morgan fingerprint density at radius 2 is 1.97 bits per heavy atom. The SMILES string of the molecule is CC[C@@H](C)N(Cc1ccccn1)C(=O)c1cccc(NCc2cccnc2)c1C. The van der Waals surface area contributed by atoms with Crippen LogP contribution in [0.2, 0.25) is 0 Å². The van der Waals surface area contributed by atoms with Crippen LogP contribution in [0, 0.1) is 6.92 Å². The van der Waals surface area contributed by atoms with Gasteiger partial charge in [-0.05, 0) is 61.7 Å². The monoisotopic (exact) mass is 388 g/mol. The molecule has 0 bridgehead atoms. The Labute approximate surface area is 172 Å². The molecule has 5 heteroatoms. The van der Waals surface area contributed by atoms with Crippen LogP contribution in [0.4, 0.5) is 5.69 Å². The van der Waals surface area contributed by atoms with Crippen molar-refractivity contribution in [3.8, 4) is 0 Å². The first kappa shape index (κ1) is 20.5. The number of nitrogens with one attached hydrogen (secondary N) is 1. The number of nitrogens with zero attached hydrogens (tertiary/aromatic N) is 3. The number of benzene rings is 1. The van der Waals surface area contributed by atoms with Crippen molar-refractivity contribution in [3.05, 3.63) is 89.5 Å². The summed E-state index contributed by atoms with van der Waals surface area (Å²) in [5, 5.41) is 3.43. The maximum Gasteiger partial charge on any atom is 0.254 e. The number of carbonyl (C=O) groups is 1. The Morgan fingerprint density at radius 3 is 2.66 bits per heavy atom. The Balaban J connectivity index is 1.82. The molecule has 1 atom stereocenters. The maximum absolute atomic E-state index is 13.5. The average Bonchev–Trinajstić information content (AvgIpc) is 2.77. The molecule has 3 aromatic rings. The Kier molecular flexibility index (Phi) is 6.95. The molecule has 0 aliphatic heterocycles. The fourth-order valence-corrected chi connectivity index (χ4v) is 3.23. The molecule has 0 fully saturated rings. The van der Waals surface area contributed by atoms with Crippen molar-refractivity contribution in [2.45, 2.75) is 46.3 Å². The minimum absolute atomic E-state index is 0.0348. The molecule has 2 heterocycles. The van der Waals surface area contributed by atoms with Crippen LogP contribution in [-0.4, -0.2) is 26.8 Å². The van der Waals surface area contributed by atoms with Gasteiger partial charge in [0, 0.05) is 42.4 Å². The zero-order valence-corrected chi connectivity index (χ0v) is 17.3. The summed E-state index contributed by atoms with van der Waals surface area (Å²) in [6.07, 6.45) is 6.26. The van der Waals surface area contributed by atoms with Crippen molar-refractivity contribution in [2.75, 3.05) is 5.32 Å². The zero-order valence-electron chi connectivity index (χ0n) is 17.3. The molecule has 150 valence electrons. The fourth-order valence-electron chi connectivity index (χ4n) is 3.23. The van der Waals surface area contributed by atoms with Gasteiger partial charge >= 0.3 is 0 Å². The molecule has 1 aromatic carbocycles. The van der Waals surface area contributed by atoms with Gasteiger partial charge in [-0.1, -0.05) is 25.1 Å². The van der Waals surface area contributed by atoms with Crippen molar-refractivity contribution in [1.29, 1.82) is 0 Å². The normalized spacial score (nSPS) is 11.7. The van der Waals surface area contributed by atoms with Crippen molar-refractivity contribution in [3.63, 3.8) is 0 Å². The van der Waals surface area contributed by atoms with E-state index in [2.05, 4.69) is 29.1 Å². The predicted molar refractivity (Wildman–Crippen MR) is 117 cm³/mol. The standard InChI is InChI=1S/C24H28N4O/c1-4-18(2)28(17-21-10-5-6-14-26-21)24(29)22-11-7-12-23(19(22)3)27-16-20-9-8-13-25-15-20/h5-15,18,27H,4,16-17H2,1-3H3/t18-/m1/s1. The van der Waals surface area contributed by atoms with E-state index in [1.807, 2.05) is 66.6 Å². The van der Waals surface area contributed by atoms with E-state index in [-0.39, 0.29) is 11.9 Å². The highest BCUT2D eigenvalue weighted by atomic mass is 16.2. The van der Waals surface area contributed by atoms with Crippen LogP contribution >= 0.6 is 0 Å². The van der Waals surface area contributed by atoms with Crippen LogP contribution in [-0.2, 0) is 13.1 Å². The number of carbonyl (C=O) groups excluding carboxylic acids is 1. The summed E-state index contributed by atoms with van der Waals surface area (Å²) in [6, 6.07) is 15.7. The number of anilines is 1. The van der Waals surface area contributed by atoms with Crippen molar-refractivity contribution in [1.82, 2.24) is 14.9 Å². The third-order valence-electron chi connectivity index (χ3n) is 5.21. The second-order valence-corrected chi connectivity index (χ2v) is 7.20. The van der Waals surface area contributed by atoms with Crippen LogP contribution in [0.1, 0.15) is 47.4 Å². The Hall–Kier alpha value is -3.21. The van der Waals surface area contributed by atoms with Crippen molar-refractivity contribution < 1.29 is 4.79 Å². The minimum atomic E-state index is 0.0348. The average molecular weight is 389 g/mol. The summed E-state index contributed by atoms with van der Waals surface area (Å²) in [5.74, 6) is 0.0348. The zero-order chi connectivity index (χ0) is 20.6.